The van der Waals surface area contributed by atoms with Crippen molar-refractivity contribution in [2.45, 2.75) is 0 Å². The van der Waals surface area contributed by atoms with Gasteiger partial charge in [-0.3, -0.25) is 4.79 Å². The number of carbonyl (C=O) groups excluding carboxylic acids is 1. The van der Waals surface area contributed by atoms with Gasteiger partial charge < -0.3 is 9.88 Å². The molecule has 0 bridgehead atoms. The Morgan fingerprint density at radius 2 is 1.84 bits per heavy atom. The van der Waals surface area contributed by atoms with E-state index < -0.39 is 0 Å². The standard InChI is InChI=1S/C19H14FN3OS/c1-23-15-5-3-2-4-14(15)22-18(23)16-10-11-17(25-16)19(24)21-13-8-6-12(20)7-9-13/h2-11H,1H3,(H,21,24). The van der Waals surface area contributed by atoms with E-state index >= 15 is 0 Å². The van der Waals surface area contributed by atoms with Crippen molar-refractivity contribution >= 4 is 34.0 Å². The van der Waals surface area contributed by atoms with E-state index in [1.165, 1.54) is 35.6 Å². The van der Waals surface area contributed by atoms with Crippen LogP contribution in [0.4, 0.5) is 10.1 Å². The minimum Gasteiger partial charge on any atom is -0.326 e. The highest BCUT2D eigenvalue weighted by Crippen LogP contribution is 2.30. The molecule has 1 N–H and O–H groups in total. The molecule has 2 heterocycles. The smallest absolute Gasteiger partial charge is 0.265 e. The van der Waals surface area contributed by atoms with Gasteiger partial charge in [0.15, 0.2) is 5.82 Å². The molecule has 0 unspecified atom stereocenters. The number of rotatable bonds is 3. The molecule has 1 amide bonds. The lowest BCUT2D eigenvalue weighted by atomic mass is 10.3. The van der Waals surface area contributed by atoms with Crippen molar-refractivity contribution in [3.8, 4) is 10.7 Å². The summed E-state index contributed by atoms with van der Waals surface area (Å²) < 4.78 is 15.0. The van der Waals surface area contributed by atoms with Crippen LogP contribution in [0.5, 0.6) is 0 Å². The molecule has 0 radical (unpaired) electrons. The third kappa shape index (κ3) is 2.92. The van der Waals surface area contributed by atoms with Gasteiger partial charge in [-0.05, 0) is 48.5 Å². The van der Waals surface area contributed by atoms with Crippen LogP contribution in [-0.4, -0.2) is 15.5 Å². The molecule has 6 heteroatoms. The third-order valence-corrected chi connectivity index (χ3v) is 5.02. The van der Waals surface area contributed by atoms with Crippen molar-refractivity contribution < 1.29 is 9.18 Å². The second kappa shape index (κ2) is 6.14. The lowest BCUT2D eigenvalue weighted by molar-refractivity contribution is 0.103. The summed E-state index contributed by atoms with van der Waals surface area (Å²) in [6, 6.07) is 17.3. The SMILES string of the molecule is Cn1c(-c2ccc(C(=O)Nc3ccc(F)cc3)s2)nc2ccccc21. The molecule has 124 valence electrons. The number of fused-ring (bicyclic) bond motifs is 1. The molecule has 0 aliphatic rings. The maximum atomic E-state index is 12.9. The summed E-state index contributed by atoms with van der Waals surface area (Å²) in [5, 5.41) is 2.77. The highest BCUT2D eigenvalue weighted by molar-refractivity contribution is 7.17. The van der Waals surface area contributed by atoms with E-state index in [2.05, 4.69) is 10.3 Å². The van der Waals surface area contributed by atoms with Gasteiger partial charge in [-0.25, -0.2) is 9.37 Å². The number of hydrogen-bond acceptors (Lipinski definition) is 3. The first-order chi connectivity index (χ1) is 12.1. The summed E-state index contributed by atoms with van der Waals surface area (Å²) in [6.45, 7) is 0. The van der Waals surface area contributed by atoms with Crippen LogP contribution in [0.3, 0.4) is 0 Å². The average Bonchev–Trinajstić information content (AvgIpc) is 3.22. The van der Waals surface area contributed by atoms with Crippen LogP contribution in [0.1, 0.15) is 9.67 Å². The van der Waals surface area contributed by atoms with E-state index in [0.717, 1.165) is 21.7 Å². The Labute approximate surface area is 147 Å². The zero-order valence-electron chi connectivity index (χ0n) is 13.4. The Morgan fingerprint density at radius 1 is 1.08 bits per heavy atom. The fraction of sp³-hybridized carbons (Fsp3) is 0.0526. The van der Waals surface area contributed by atoms with Gasteiger partial charge in [0.25, 0.3) is 5.91 Å². The summed E-state index contributed by atoms with van der Waals surface area (Å²) in [6.07, 6.45) is 0. The summed E-state index contributed by atoms with van der Waals surface area (Å²) in [5.41, 5.74) is 2.53. The van der Waals surface area contributed by atoms with Gasteiger partial charge in [-0.1, -0.05) is 12.1 Å². The van der Waals surface area contributed by atoms with E-state index in [1.54, 1.807) is 6.07 Å². The molecule has 4 rings (SSSR count). The normalized spacial score (nSPS) is 11.0. The van der Waals surface area contributed by atoms with Gasteiger partial charge in [0, 0.05) is 12.7 Å². The topological polar surface area (TPSA) is 46.9 Å². The first kappa shape index (κ1) is 15.5. The predicted molar refractivity (Wildman–Crippen MR) is 98.4 cm³/mol. The second-order valence-corrected chi connectivity index (χ2v) is 6.69. The van der Waals surface area contributed by atoms with Gasteiger partial charge in [0.1, 0.15) is 5.82 Å². The molecular weight excluding hydrogens is 337 g/mol. The lowest BCUT2D eigenvalue weighted by Crippen LogP contribution is -2.09. The van der Waals surface area contributed by atoms with Crippen molar-refractivity contribution in [3.63, 3.8) is 0 Å². The van der Waals surface area contributed by atoms with Crippen LogP contribution in [0.15, 0.2) is 60.7 Å². The van der Waals surface area contributed by atoms with Crippen LogP contribution in [-0.2, 0) is 7.05 Å². The van der Waals surface area contributed by atoms with Crippen molar-refractivity contribution in [2.24, 2.45) is 7.05 Å². The van der Waals surface area contributed by atoms with Crippen LogP contribution in [0.25, 0.3) is 21.7 Å². The highest BCUT2D eigenvalue weighted by Gasteiger charge is 2.15. The fourth-order valence-corrected chi connectivity index (χ4v) is 3.60. The van der Waals surface area contributed by atoms with Gasteiger partial charge in [-0.15, -0.1) is 11.3 Å². The minimum atomic E-state index is -0.335. The van der Waals surface area contributed by atoms with Crippen molar-refractivity contribution in [2.75, 3.05) is 5.32 Å². The number of carbonyl (C=O) groups is 1. The first-order valence-electron chi connectivity index (χ1n) is 7.70. The second-order valence-electron chi connectivity index (χ2n) is 5.61. The molecule has 0 fully saturated rings. The molecule has 0 atom stereocenters. The zero-order chi connectivity index (χ0) is 17.4. The third-order valence-electron chi connectivity index (χ3n) is 3.94. The number of aryl methyl sites for hydroxylation is 1. The molecule has 4 nitrogen and oxygen atoms in total. The molecule has 2 aromatic heterocycles. The van der Waals surface area contributed by atoms with Crippen molar-refractivity contribution in [1.82, 2.24) is 9.55 Å². The van der Waals surface area contributed by atoms with Crippen LogP contribution in [0.2, 0.25) is 0 Å². The quantitative estimate of drug-likeness (QED) is 0.582. The first-order valence-corrected chi connectivity index (χ1v) is 8.52. The highest BCUT2D eigenvalue weighted by atomic mass is 32.1. The number of thiophene rings is 1. The average molecular weight is 351 g/mol. The molecular formula is C19H14FN3OS. The largest absolute Gasteiger partial charge is 0.326 e. The summed E-state index contributed by atoms with van der Waals surface area (Å²) in [5.74, 6) is 0.270. The summed E-state index contributed by atoms with van der Waals surface area (Å²) >= 11 is 1.38. The van der Waals surface area contributed by atoms with Gasteiger partial charge >= 0.3 is 0 Å². The Balaban J connectivity index is 1.61. The number of nitrogens with zero attached hydrogens (tertiary/aromatic N) is 2. The Kier molecular flexibility index (Phi) is 3.82. The molecule has 25 heavy (non-hydrogen) atoms. The number of halogens is 1. The van der Waals surface area contributed by atoms with E-state index in [9.17, 15) is 9.18 Å². The Morgan fingerprint density at radius 3 is 2.60 bits per heavy atom. The molecule has 0 spiro atoms. The van der Waals surface area contributed by atoms with E-state index in [1.807, 2.05) is 41.9 Å². The van der Waals surface area contributed by atoms with Crippen LogP contribution in [0, 0.1) is 5.82 Å². The molecule has 0 aliphatic carbocycles. The number of imidazole rings is 1. The maximum Gasteiger partial charge on any atom is 0.265 e. The predicted octanol–water partition coefficient (Wildman–Crippen LogP) is 4.69. The number of anilines is 1. The van der Waals surface area contributed by atoms with Gasteiger partial charge in [0.05, 0.1) is 20.8 Å². The van der Waals surface area contributed by atoms with E-state index in [0.29, 0.717) is 10.6 Å². The summed E-state index contributed by atoms with van der Waals surface area (Å²) in [4.78, 5) is 18.5. The Bertz CT molecular complexity index is 1070. The van der Waals surface area contributed by atoms with Crippen LogP contribution >= 0.6 is 11.3 Å². The van der Waals surface area contributed by atoms with Crippen molar-refractivity contribution in [1.29, 1.82) is 0 Å². The number of para-hydroxylation sites is 2. The number of hydrogen-bond donors (Lipinski definition) is 1. The molecule has 0 saturated carbocycles. The number of amides is 1. The van der Waals surface area contributed by atoms with E-state index in [4.69, 9.17) is 0 Å². The van der Waals surface area contributed by atoms with E-state index in [-0.39, 0.29) is 11.7 Å². The van der Waals surface area contributed by atoms with Gasteiger partial charge in [0.2, 0.25) is 0 Å². The van der Waals surface area contributed by atoms with Crippen LogP contribution < -0.4 is 5.32 Å². The molecule has 0 aliphatic heterocycles. The lowest BCUT2D eigenvalue weighted by Gasteiger charge is -2.03. The number of nitrogens with one attached hydrogen (secondary N) is 1. The fourth-order valence-electron chi connectivity index (χ4n) is 2.67. The maximum absolute atomic E-state index is 12.9. The zero-order valence-corrected chi connectivity index (χ0v) is 14.2. The molecule has 2 aromatic carbocycles. The number of aromatic nitrogens is 2. The van der Waals surface area contributed by atoms with Crippen molar-refractivity contribution in [3.05, 3.63) is 71.4 Å². The molecule has 0 saturated heterocycles. The summed E-state index contributed by atoms with van der Waals surface area (Å²) in [7, 11) is 1.96. The minimum absolute atomic E-state index is 0.221. The van der Waals surface area contributed by atoms with Gasteiger partial charge in [-0.2, -0.15) is 0 Å². The Hall–Kier alpha value is -2.99. The number of benzene rings is 2. The molecule has 4 aromatic rings. The monoisotopic (exact) mass is 351 g/mol.